The Morgan fingerprint density at radius 3 is 1.39 bits per heavy atom. The molecule has 2 aliphatic heterocycles. The number of ketones is 2. The minimum absolute atomic E-state index is 0.278. The third kappa shape index (κ3) is 5.66. The topological polar surface area (TPSA) is 83.8 Å². The van der Waals surface area contributed by atoms with Crippen molar-refractivity contribution in [3.05, 3.63) is 103 Å². The Hall–Kier alpha value is -3.96. The number of carbonyl (C=O) groups excluding carboxylic acids is 2. The van der Waals surface area contributed by atoms with Crippen molar-refractivity contribution in [3.8, 4) is 0 Å². The lowest BCUT2D eigenvalue weighted by molar-refractivity contribution is 0.0193. The van der Waals surface area contributed by atoms with Gasteiger partial charge in [-0.3, -0.25) is 19.4 Å². The van der Waals surface area contributed by atoms with Crippen LogP contribution < -0.4 is 0 Å². The monoisotopic (exact) mass is 626 g/mol. The second-order valence-electron chi connectivity index (χ2n) is 10.3. The summed E-state index contributed by atoms with van der Waals surface area (Å²) in [6.07, 6.45) is -0.557. The first-order valence-corrected chi connectivity index (χ1v) is 16.5. The van der Waals surface area contributed by atoms with Crippen molar-refractivity contribution in [3.63, 3.8) is 0 Å². The molecule has 4 aromatic rings. The number of nitrogens with zero attached hydrogens (tertiary/aromatic N) is 4. The van der Waals surface area contributed by atoms with Crippen LogP contribution in [0.5, 0.6) is 0 Å². The summed E-state index contributed by atoms with van der Waals surface area (Å²) in [5.41, 5.74) is 3.70. The van der Waals surface area contributed by atoms with Gasteiger partial charge in [0.05, 0.1) is 30.9 Å². The van der Waals surface area contributed by atoms with Gasteiger partial charge in [0.15, 0.2) is 12.5 Å². The Labute approximate surface area is 265 Å². The number of ether oxygens (including phenoxy) is 2. The van der Waals surface area contributed by atoms with Crippen LogP contribution in [-0.4, -0.2) is 59.3 Å². The van der Waals surface area contributed by atoms with Crippen LogP contribution in [0.1, 0.15) is 80.4 Å². The molecular weight excluding hydrogens is 593 g/mol. The van der Waals surface area contributed by atoms with E-state index in [0.717, 1.165) is 48.7 Å². The quantitative estimate of drug-likeness (QED) is 0.125. The summed E-state index contributed by atoms with van der Waals surface area (Å²) in [6, 6.07) is 22.8. The van der Waals surface area contributed by atoms with Crippen LogP contribution in [0.15, 0.2) is 82.8 Å². The third-order valence-electron chi connectivity index (χ3n) is 7.87. The van der Waals surface area contributed by atoms with Crippen LogP contribution in [0.4, 0.5) is 11.4 Å². The highest BCUT2D eigenvalue weighted by atomic mass is 32.1. The Balaban J connectivity index is 1.23. The first-order chi connectivity index (χ1) is 21.4. The molecule has 0 saturated carbocycles. The fourth-order valence-corrected chi connectivity index (χ4v) is 7.21. The molecule has 0 saturated heterocycles. The number of carbonyl (C=O) groups is 2. The van der Waals surface area contributed by atoms with Crippen molar-refractivity contribution in [1.29, 1.82) is 0 Å². The second kappa shape index (κ2) is 13.0. The maximum Gasteiger partial charge on any atom is 0.244 e. The molecule has 0 N–H and O–H groups in total. The summed E-state index contributed by atoms with van der Waals surface area (Å²) in [7, 11) is 0. The average Bonchev–Trinajstić information content (AvgIpc) is 3.76. The molecule has 2 aromatic heterocycles. The molecule has 226 valence electrons. The number of fused-ring (bicyclic) bond motifs is 2. The summed E-state index contributed by atoms with van der Waals surface area (Å²) < 4.78 is 12.8. The van der Waals surface area contributed by atoms with Gasteiger partial charge in [0.1, 0.15) is 0 Å². The summed E-state index contributed by atoms with van der Waals surface area (Å²) in [4.78, 5) is 42.8. The zero-order valence-electron chi connectivity index (χ0n) is 25.1. The number of Topliss-reactive ketones (excluding diaryl/α,β-unsaturated/α-hetero) is 2. The highest BCUT2D eigenvalue weighted by Crippen LogP contribution is 2.39. The van der Waals surface area contributed by atoms with E-state index in [-0.39, 0.29) is 12.5 Å². The van der Waals surface area contributed by atoms with Crippen molar-refractivity contribution in [2.45, 2.75) is 40.2 Å². The van der Waals surface area contributed by atoms with Crippen molar-refractivity contribution >= 4 is 57.4 Å². The van der Waals surface area contributed by atoms with Crippen LogP contribution in [0.25, 0.3) is 0 Å². The van der Waals surface area contributed by atoms with E-state index in [1.54, 1.807) is 24.3 Å². The second-order valence-corrected chi connectivity index (χ2v) is 12.5. The molecule has 0 fully saturated rings. The summed E-state index contributed by atoms with van der Waals surface area (Å²) in [5, 5.41) is 0. The van der Waals surface area contributed by atoms with Gasteiger partial charge < -0.3 is 9.47 Å². The van der Waals surface area contributed by atoms with E-state index in [4.69, 9.17) is 19.5 Å². The van der Waals surface area contributed by atoms with Gasteiger partial charge >= 0.3 is 0 Å². The number of aliphatic imine (C=N–C) groups is 2. The molecular formula is C34H34N4O4S2. The van der Waals surface area contributed by atoms with Gasteiger partial charge in [0.2, 0.25) is 23.4 Å². The molecule has 2 aromatic carbocycles. The highest BCUT2D eigenvalue weighted by Gasteiger charge is 2.32. The Morgan fingerprint density at radius 1 is 0.614 bits per heavy atom. The molecule has 0 amide bonds. The molecule has 0 bridgehead atoms. The average molecular weight is 627 g/mol. The lowest BCUT2D eigenvalue weighted by Crippen LogP contribution is -2.33. The molecule has 0 radical (unpaired) electrons. The Bertz CT molecular complexity index is 1620. The lowest BCUT2D eigenvalue weighted by atomic mass is 10.1. The molecule has 0 spiro atoms. The minimum atomic E-state index is -0.565. The number of rotatable bonds is 11. The zero-order valence-corrected chi connectivity index (χ0v) is 26.8. The van der Waals surface area contributed by atoms with Gasteiger partial charge in [-0.1, -0.05) is 64.1 Å². The Kier molecular flexibility index (Phi) is 8.86. The van der Waals surface area contributed by atoms with Gasteiger partial charge in [-0.25, -0.2) is 9.98 Å². The van der Waals surface area contributed by atoms with Crippen molar-refractivity contribution < 1.29 is 19.1 Å². The molecule has 6 rings (SSSR count). The van der Waals surface area contributed by atoms with Gasteiger partial charge in [-0.2, -0.15) is 0 Å². The molecule has 10 heteroatoms. The summed E-state index contributed by atoms with van der Waals surface area (Å²) >= 11 is 2.43. The molecule has 2 atom stereocenters. The lowest BCUT2D eigenvalue weighted by Gasteiger charge is -2.33. The fourth-order valence-electron chi connectivity index (χ4n) is 5.46. The van der Waals surface area contributed by atoms with E-state index in [1.807, 2.05) is 48.5 Å². The molecule has 2 unspecified atom stereocenters. The van der Waals surface area contributed by atoms with Crippen LogP contribution >= 0.6 is 22.7 Å². The van der Waals surface area contributed by atoms with Crippen LogP contribution in [0, 0.1) is 0 Å². The van der Waals surface area contributed by atoms with E-state index < -0.39 is 11.6 Å². The van der Waals surface area contributed by atoms with Gasteiger partial charge in [-0.15, -0.1) is 22.7 Å². The van der Waals surface area contributed by atoms with E-state index >= 15 is 0 Å². The summed E-state index contributed by atoms with van der Waals surface area (Å²) in [5.74, 6) is -0.230. The van der Waals surface area contributed by atoms with E-state index in [9.17, 15) is 9.59 Å². The van der Waals surface area contributed by atoms with Crippen molar-refractivity contribution in [1.82, 2.24) is 9.80 Å². The van der Waals surface area contributed by atoms with E-state index in [0.29, 0.717) is 31.3 Å². The van der Waals surface area contributed by atoms with Crippen LogP contribution in [-0.2, 0) is 9.47 Å². The standard InChI is InChI=1S/C34H34N4O4S2/c1-5-37(6-2)33-21-13-9-11-15-23(21)35-31(41-33)27-19-17-25(43-27)29(39)30(40)26-18-20-28(44-26)32-36-24-16-12-10-14-22(24)34(42-32)38(7-3)8-4/h9-20,33-34H,5-8H2,1-4H3. The largest absolute Gasteiger partial charge is 0.453 e. The molecule has 44 heavy (non-hydrogen) atoms. The maximum atomic E-state index is 13.4. The molecule has 2 aliphatic rings. The van der Waals surface area contributed by atoms with Gasteiger partial charge in [0, 0.05) is 11.1 Å². The van der Waals surface area contributed by atoms with Crippen molar-refractivity contribution in [2.24, 2.45) is 9.98 Å². The Morgan fingerprint density at radius 2 is 1.00 bits per heavy atom. The normalized spacial score (nSPS) is 17.3. The number of hydrogen-bond donors (Lipinski definition) is 0. The minimum Gasteiger partial charge on any atom is -0.453 e. The zero-order chi connectivity index (χ0) is 30.8. The smallest absolute Gasteiger partial charge is 0.244 e. The predicted octanol–water partition coefficient (Wildman–Crippen LogP) is 7.77. The van der Waals surface area contributed by atoms with E-state index in [2.05, 4.69) is 37.5 Å². The summed E-state index contributed by atoms with van der Waals surface area (Å²) in [6.45, 7) is 11.6. The van der Waals surface area contributed by atoms with E-state index in [1.165, 1.54) is 22.7 Å². The maximum absolute atomic E-state index is 13.4. The van der Waals surface area contributed by atoms with Crippen molar-refractivity contribution in [2.75, 3.05) is 26.2 Å². The van der Waals surface area contributed by atoms with Gasteiger partial charge in [0.25, 0.3) is 0 Å². The number of benzene rings is 2. The van der Waals surface area contributed by atoms with Gasteiger partial charge in [-0.05, 0) is 62.6 Å². The SMILES string of the molecule is CCN(CC)C1OC(c2ccc(C(=O)C(=O)c3ccc(C4=Nc5ccccc5C(N(CC)CC)O4)s3)s2)=Nc2ccccc21. The van der Waals surface area contributed by atoms with Crippen LogP contribution in [0.3, 0.4) is 0 Å². The first-order valence-electron chi connectivity index (χ1n) is 14.9. The number of para-hydroxylation sites is 2. The predicted molar refractivity (Wildman–Crippen MR) is 176 cm³/mol. The number of thiophene rings is 2. The van der Waals surface area contributed by atoms with Crippen LogP contribution in [0.2, 0.25) is 0 Å². The fraction of sp³-hybridized carbons (Fsp3) is 0.294. The highest BCUT2D eigenvalue weighted by molar-refractivity contribution is 7.19. The molecule has 8 nitrogen and oxygen atoms in total. The third-order valence-corrected chi connectivity index (χ3v) is 10.0. The first kappa shape index (κ1) is 30.1. The molecule has 0 aliphatic carbocycles. The number of hydrogen-bond acceptors (Lipinski definition) is 10. The molecule has 4 heterocycles.